The molecular formula is C19H25NO. The highest BCUT2D eigenvalue weighted by Crippen LogP contribution is 2.28. The largest absolute Gasteiger partial charge is 0.497 e. The highest BCUT2D eigenvalue weighted by molar-refractivity contribution is 5.41. The Hall–Kier alpha value is -1.80. The second kappa shape index (κ2) is 5.90. The fraction of sp³-hybridized carbons (Fsp3) is 0.368. The first-order valence-electron chi connectivity index (χ1n) is 7.33. The molecule has 0 aliphatic carbocycles. The molecular weight excluding hydrogens is 258 g/mol. The normalized spacial score (nSPS) is 13.0. The smallest absolute Gasteiger partial charge is 0.119 e. The summed E-state index contributed by atoms with van der Waals surface area (Å²) in [4.78, 5) is 0. The summed E-state index contributed by atoms with van der Waals surface area (Å²) in [5.41, 5.74) is 11.3. The summed E-state index contributed by atoms with van der Waals surface area (Å²) in [5, 5.41) is 0. The summed E-state index contributed by atoms with van der Waals surface area (Å²) < 4.78 is 5.25. The predicted octanol–water partition coefficient (Wildman–Crippen LogP) is 4.35. The summed E-state index contributed by atoms with van der Waals surface area (Å²) in [6, 6.07) is 14.6. The highest BCUT2D eigenvalue weighted by atomic mass is 16.5. The van der Waals surface area contributed by atoms with E-state index in [1.807, 2.05) is 12.1 Å². The lowest BCUT2D eigenvalue weighted by atomic mass is 9.85. The predicted molar refractivity (Wildman–Crippen MR) is 88.9 cm³/mol. The molecule has 112 valence electrons. The molecule has 1 atom stereocenters. The maximum Gasteiger partial charge on any atom is 0.119 e. The fourth-order valence-electron chi connectivity index (χ4n) is 2.49. The molecule has 2 nitrogen and oxygen atoms in total. The van der Waals surface area contributed by atoms with E-state index in [0.717, 1.165) is 22.4 Å². The lowest BCUT2D eigenvalue weighted by Crippen LogP contribution is -2.15. The van der Waals surface area contributed by atoms with Crippen molar-refractivity contribution in [1.82, 2.24) is 0 Å². The van der Waals surface area contributed by atoms with Crippen LogP contribution in [-0.2, 0) is 5.41 Å². The zero-order chi connectivity index (χ0) is 15.6. The van der Waals surface area contributed by atoms with Crippen molar-refractivity contribution in [3.8, 4) is 5.75 Å². The van der Waals surface area contributed by atoms with Gasteiger partial charge in [0.15, 0.2) is 0 Å². The lowest BCUT2D eigenvalue weighted by Gasteiger charge is -2.21. The van der Waals surface area contributed by atoms with Gasteiger partial charge in [-0.2, -0.15) is 0 Å². The zero-order valence-electron chi connectivity index (χ0n) is 13.6. The van der Waals surface area contributed by atoms with Crippen LogP contribution in [-0.4, -0.2) is 7.11 Å². The van der Waals surface area contributed by atoms with Crippen LogP contribution in [0.15, 0.2) is 42.5 Å². The summed E-state index contributed by atoms with van der Waals surface area (Å²) in [7, 11) is 1.68. The number of hydrogen-bond donors (Lipinski definition) is 1. The molecule has 2 aromatic rings. The van der Waals surface area contributed by atoms with Crippen LogP contribution < -0.4 is 10.5 Å². The van der Waals surface area contributed by atoms with Crippen LogP contribution in [0.25, 0.3) is 0 Å². The van der Waals surface area contributed by atoms with Crippen molar-refractivity contribution in [3.05, 3.63) is 64.7 Å². The molecule has 0 radical (unpaired) electrons. The van der Waals surface area contributed by atoms with Crippen molar-refractivity contribution in [3.63, 3.8) is 0 Å². The summed E-state index contributed by atoms with van der Waals surface area (Å²) >= 11 is 0. The van der Waals surface area contributed by atoms with Crippen LogP contribution in [0.5, 0.6) is 5.75 Å². The SMILES string of the molecule is COc1ccc(C(N)c2ccc(C(C)(C)C)cc2)c(C)c1. The van der Waals surface area contributed by atoms with Gasteiger partial charge in [0, 0.05) is 0 Å². The van der Waals surface area contributed by atoms with Gasteiger partial charge in [-0.25, -0.2) is 0 Å². The average Bonchev–Trinajstić information content (AvgIpc) is 2.45. The van der Waals surface area contributed by atoms with Gasteiger partial charge >= 0.3 is 0 Å². The number of hydrogen-bond acceptors (Lipinski definition) is 2. The second-order valence-corrected chi connectivity index (χ2v) is 6.57. The molecule has 0 amide bonds. The number of nitrogens with two attached hydrogens (primary N) is 1. The van der Waals surface area contributed by atoms with Gasteiger partial charge in [-0.3, -0.25) is 0 Å². The third-order valence-electron chi connectivity index (χ3n) is 3.95. The summed E-state index contributed by atoms with van der Waals surface area (Å²) in [5.74, 6) is 0.867. The summed E-state index contributed by atoms with van der Waals surface area (Å²) in [6.07, 6.45) is 0. The van der Waals surface area contributed by atoms with E-state index in [9.17, 15) is 0 Å². The van der Waals surface area contributed by atoms with E-state index in [1.165, 1.54) is 5.56 Å². The van der Waals surface area contributed by atoms with Crippen LogP contribution in [0.4, 0.5) is 0 Å². The van der Waals surface area contributed by atoms with Crippen molar-refractivity contribution >= 4 is 0 Å². The van der Waals surface area contributed by atoms with Crippen molar-refractivity contribution in [1.29, 1.82) is 0 Å². The highest BCUT2D eigenvalue weighted by Gasteiger charge is 2.16. The minimum atomic E-state index is -0.107. The lowest BCUT2D eigenvalue weighted by molar-refractivity contribution is 0.414. The Labute approximate surface area is 127 Å². The maximum absolute atomic E-state index is 6.43. The van der Waals surface area contributed by atoms with Crippen molar-refractivity contribution < 1.29 is 4.74 Å². The Morgan fingerprint density at radius 3 is 2.10 bits per heavy atom. The van der Waals surface area contributed by atoms with E-state index < -0.39 is 0 Å². The van der Waals surface area contributed by atoms with Crippen molar-refractivity contribution in [2.75, 3.05) is 7.11 Å². The Balaban J connectivity index is 2.30. The average molecular weight is 283 g/mol. The Bertz CT molecular complexity index is 608. The molecule has 2 heteroatoms. The Kier molecular flexibility index (Phi) is 4.38. The maximum atomic E-state index is 6.43. The first kappa shape index (κ1) is 15.6. The number of rotatable bonds is 3. The van der Waals surface area contributed by atoms with Crippen molar-refractivity contribution in [2.45, 2.75) is 39.2 Å². The topological polar surface area (TPSA) is 35.2 Å². The van der Waals surface area contributed by atoms with Crippen LogP contribution >= 0.6 is 0 Å². The van der Waals surface area contributed by atoms with Crippen LogP contribution in [0, 0.1) is 6.92 Å². The molecule has 21 heavy (non-hydrogen) atoms. The Morgan fingerprint density at radius 2 is 1.62 bits per heavy atom. The van der Waals surface area contributed by atoms with E-state index in [0.29, 0.717) is 0 Å². The number of ether oxygens (including phenoxy) is 1. The minimum absolute atomic E-state index is 0.107. The number of benzene rings is 2. The number of methoxy groups -OCH3 is 1. The molecule has 0 saturated heterocycles. The fourth-order valence-corrected chi connectivity index (χ4v) is 2.49. The first-order valence-corrected chi connectivity index (χ1v) is 7.33. The zero-order valence-corrected chi connectivity index (χ0v) is 13.6. The quantitative estimate of drug-likeness (QED) is 0.909. The molecule has 0 saturated carbocycles. The molecule has 0 aromatic heterocycles. The first-order chi connectivity index (χ1) is 9.82. The van der Waals surface area contributed by atoms with Gasteiger partial charge in [-0.05, 0) is 46.7 Å². The van der Waals surface area contributed by atoms with Crippen LogP contribution in [0.1, 0.15) is 49.1 Å². The molecule has 2 aromatic carbocycles. The summed E-state index contributed by atoms with van der Waals surface area (Å²) in [6.45, 7) is 8.72. The van der Waals surface area contributed by atoms with E-state index in [1.54, 1.807) is 7.11 Å². The van der Waals surface area contributed by atoms with E-state index in [-0.39, 0.29) is 11.5 Å². The van der Waals surface area contributed by atoms with Gasteiger partial charge in [-0.15, -0.1) is 0 Å². The van der Waals surface area contributed by atoms with E-state index in [4.69, 9.17) is 10.5 Å². The standard InChI is InChI=1S/C19H25NO/c1-13-12-16(21-5)10-11-17(13)18(20)14-6-8-15(9-7-14)19(2,3)4/h6-12,18H,20H2,1-5H3. The molecule has 0 heterocycles. The van der Waals surface area contributed by atoms with E-state index in [2.05, 4.69) is 58.0 Å². The van der Waals surface area contributed by atoms with Crippen molar-refractivity contribution in [2.24, 2.45) is 5.73 Å². The Morgan fingerprint density at radius 1 is 1.00 bits per heavy atom. The monoisotopic (exact) mass is 283 g/mol. The molecule has 0 spiro atoms. The molecule has 0 bridgehead atoms. The second-order valence-electron chi connectivity index (χ2n) is 6.57. The van der Waals surface area contributed by atoms with Gasteiger partial charge in [0.25, 0.3) is 0 Å². The van der Waals surface area contributed by atoms with Gasteiger partial charge < -0.3 is 10.5 Å². The van der Waals surface area contributed by atoms with Crippen LogP contribution in [0.3, 0.4) is 0 Å². The van der Waals surface area contributed by atoms with Gasteiger partial charge in [0.1, 0.15) is 5.75 Å². The third-order valence-corrected chi connectivity index (χ3v) is 3.95. The van der Waals surface area contributed by atoms with Gasteiger partial charge in [-0.1, -0.05) is 51.1 Å². The molecule has 0 fully saturated rings. The van der Waals surface area contributed by atoms with Crippen LogP contribution in [0.2, 0.25) is 0 Å². The molecule has 1 unspecified atom stereocenters. The molecule has 0 aliphatic rings. The third kappa shape index (κ3) is 3.45. The van der Waals surface area contributed by atoms with E-state index >= 15 is 0 Å². The molecule has 2 N–H and O–H groups in total. The minimum Gasteiger partial charge on any atom is -0.497 e. The van der Waals surface area contributed by atoms with Gasteiger partial charge in [0.2, 0.25) is 0 Å². The molecule has 0 aliphatic heterocycles. The number of aryl methyl sites for hydroxylation is 1. The molecule has 2 rings (SSSR count). The van der Waals surface area contributed by atoms with Gasteiger partial charge in [0.05, 0.1) is 13.2 Å².